The van der Waals surface area contributed by atoms with E-state index in [1.54, 1.807) is 0 Å². The number of carboxylic acids is 1. The van der Waals surface area contributed by atoms with Crippen LogP contribution in [0.2, 0.25) is 0 Å². The van der Waals surface area contributed by atoms with E-state index in [9.17, 15) is 19.5 Å². The van der Waals surface area contributed by atoms with Gasteiger partial charge in [0.25, 0.3) is 0 Å². The lowest BCUT2D eigenvalue weighted by Gasteiger charge is -2.17. The summed E-state index contributed by atoms with van der Waals surface area (Å²) in [7, 11) is 0. The molecule has 0 fully saturated rings. The van der Waals surface area contributed by atoms with Crippen molar-refractivity contribution in [1.29, 1.82) is 0 Å². The monoisotopic (exact) mass is 414 g/mol. The van der Waals surface area contributed by atoms with Crippen LogP contribution in [0.4, 0.5) is 4.79 Å². The van der Waals surface area contributed by atoms with Gasteiger partial charge in [-0.25, -0.2) is 9.59 Å². The predicted molar refractivity (Wildman–Crippen MR) is 111 cm³/mol. The molecule has 1 atom stereocenters. The van der Waals surface area contributed by atoms with E-state index in [0.717, 1.165) is 22.3 Å². The highest BCUT2D eigenvalue weighted by Gasteiger charge is 2.29. The van der Waals surface area contributed by atoms with Crippen molar-refractivity contribution in [2.24, 2.45) is 0 Å². The summed E-state index contributed by atoms with van der Waals surface area (Å²) in [6, 6.07) is 14.9. The summed E-state index contributed by atoms with van der Waals surface area (Å²) in [5, 5.41) is 14.2. The predicted octanol–water partition coefficient (Wildman–Crippen LogP) is 2.81. The van der Waals surface area contributed by atoms with Crippen molar-refractivity contribution in [1.82, 2.24) is 10.6 Å². The van der Waals surface area contributed by atoms with Crippen LogP contribution in [0.25, 0.3) is 11.1 Å². The number of carboxylic acid groups (broad SMARTS) is 1. The van der Waals surface area contributed by atoms with Gasteiger partial charge in [0.1, 0.15) is 12.6 Å². The maximum Gasteiger partial charge on any atom is 0.407 e. The summed E-state index contributed by atoms with van der Waals surface area (Å²) in [6.07, 6.45) is -0.778. The Morgan fingerprint density at radius 1 is 1.07 bits per heavy atom. The summed E-state index contributed by atoms with van der Waals surface area (Å²) < 4.78 is 5.37. The average molecular weight is 414 g/mol. The van der Waals surface area contributed by atoms with E-state index in [-0.39, 0.29) is 30.1 Å². The third kappa shape index (κ3) is 5.08. The molecule has 0 aliphatic heterocycles. The third-order valence-corrected chi connectivity index (χ3v) is 5.56. The van der Waals surface area contributed by atoms with Crippen molar-refractivity contribution in [3.8, 4) is 11.1 Å². The van der Waals surface area contributed by atoms with Crippen molar-refractivity contribution in [3.05, 3.63) is 59.7 Å². The molecule has 7 nitrogen and oxygen atoms in total. The van der Waals surface area contributed by atoms with Gasteiger partial charge in [-0.1, -0.05) is 48.5 Å². The smallest absolute Gasteiger partial charge is 0.407 e. The Bertz CT molecular complexity index is 872. The lowest BCUT2D eigenvalue weighted by Crippen LogP contribution is -2.43. The Hall–Kier alpha value is -3.00. The molecule has 2 amide bonds. The zero-order valence-corrected chi connectivity index (χ0v) is 16.7. The van der Waals surface area contributed by atoms with E-state index in [0.29, 0.717) is 0 Å². The highest BCUT2D eigenvalue weighted by molar-refractivity contribution is 7.99. The molecule has 0 bridgehead atoms. The number of carbonyl (C=O) groups is 3. The SMILES string of the molecule is CC(=O)NCSC[C@@H](NC(=O)OCC1c2ccccc2-c2ccccc21)C(=O)O. The normalized spacial score (nSPS) is 13.1. The molecule has 0 unspecified atom stereocenters. The van der Waals surface area contributed by atoms with Gasteiger partial charge >= 0.3 is 12.1 Å². The van der Waals surface area contributed by atoms with Crippen LogP contribution >= 0.6 is 11.8 Å². The van der Waals surface area contributed by atoms with E-state index in [4.69, 9.17) is 4.74 Å². The fourth-order valence-electron chi connectivity index (χ4n) is 3.29. The second kappa shape index (κ2) is 9.47. The van der Waals surface area contributed by atoms with Crippen molar-refractivity contribution in [3.63, 3.8) is 0 Å². The van der Waals surface area contributed by atoms with Crippen molar-refractivity contribution in [2.75, 3.05) is 18.2 Å². The molecule has 1 aliphatic rings. The maximum atomic E-state index is 12.2. The number of carbonyl (C=O) groups excluding carboxylic acids is 2. The fraction of sp³-hybridized carbons (Fsp3) is 0.286. The Morgan fingerprint density at radius 3 is 2.21 bits per heavy atom. The molecule has 0 saturated heterocycles. The Morgan fingerprint density at radius 2 is 1.66 bits per heavy atom. The second-order valence-corrected chi connectivity index (χ2v) is 7.64. The molecule has 2 aromatic carbocycles. The number of benzene rings is 2. The van der Waals surface area contributed by atoms with Gasteiger partial charge in [-0.3, -0.25) is 4.79 Å². The lowest BCUT2D eigenvalue weighted by atomic mass is 9.98. The molecule has 29 heavy (non-hydrogen) atoms. The van der Waals surface area contributed by atoms with Gasteiger partial charge in [0.2, 0.25) is 5.91 Å². The minimum absolute atomic E-state index is 0.0921. The average Bonchev–Trinajstić information content (AvgIpc) is 3.02. The summed E-state index contributed by atoms with van der Waals surface area (Å²) in [4.78, 5) is 34.4. The van der Waals surface area contributed by atoms with Crippen LogP contribution in [0.3, 0.4) is 0 Å². The van der Waals surface area contributed by atoms with Crippen LogP contribution in [0.15, 0.2) is 48.5 Å². The lowest BCUT2D eigenvalue weighted by molar-refractivity contribution is -0.138. The maximum absolute atomic E-state index is 12.2. The highest BCUT2D eigenvalue weighted by atomic mass is 32.2. The van der Waals surface area contributed by atoms with Crippen LogP contribution in [-0.2, 0) is 14.3 Å². The molecule has 0 spiro atoms. The number of rotatable bonds is 8. The molecular formula is C21H22N2O5S. The number of thioether (sulfide) groups is 1. The quantitative estimate of drug-likeness (QED) is 0.453. The molecule has 152 valence electrons. The van der Waals surface area contributed by atoms with E-state index in [2.05, 4.69) is 10.6 Å². The third-order valence-electron chi connectivity index (χ3n) is 4.64. The zero-order chi connectivity index (χ0) is 20.8. The van der Waals surface area contributed by atoms with Gasteiger partial charge in [-0.15, -0.1) is 11.8 Å². The van der Waals surface area contributed by atoms with Crippen molar-refractivity contribution < 1.29 is 24.2 Å². The van der Waals surface area contributed by atoms with E-state index in [1.165, 1.54) is 18.7 Å². The topological polar surface area (TPSA) is 105 Å². The number of nitrogens with one attached hydrogen (secondary N) is 2. The van der Waals surface area contributed by atoms with Gasteiger partial charge < -0.3 is 20.5 Å². The number of hydrogen-bond donors (Lipinski definition) is 3. The first-order valence-corrected chi connectivity index (χ1v) is 10.3. The minimum Gasteiger partial charge on any atom is -0.480 e. The first-order chi connectivity index (χ1) is 14.0. The zero-order valence-electron chi connectivity index (χ0n) is 15.9. The number of ether oxygens (including phenoxy) is 1. The first kappa shape index (κ1) is 20.7. The van der Waals surface area contributed by atoms with Crippen LogP contribution in [0.5, 0.6) is 0 Å². The molecule has 1 aliphatic carbocycles. The standard InChI is InChI=1S/C21H22N2O5S/c1-13(24)22-12-29-11-19(20(25)26)23-21(27)28-10-18-16-8-4-2-6-14(16)15-7-3-5-9-17(15)18/h2-9,18-19H,10-12H2,1H3,(H,22,24)(H,23,27)(H,25,26)/t19-/m1/s1. The van der Waals surface area contributed by atoms with Crippen molar-refractivity contribution in [2.45, 2.75) is 18.9 Å². The van der Waals surface area contributed by atoms with E-state index >= 15 is 0 Å². The summed E-state index contributed by atoms with van der Waals surface area (Å²) in [5.74, 6) is -1.07. The van der Waals surface area contributed by atoms with Crippen molar-refractivity contribution >= 4 is 29.7 Å². The number of alkyl carbamates (subject to hydrolysis) is 1. The molecule has 0 saturated carbocycles. The second-order valence-electron chi connectivity index (χ2n) is 6.61. The molecular weight excluding hydrogens is 392 g/mol. The molecule has 2 aromatic rings. The molecule has 8 heteroatoms. The van der Waals surface area contributed by atoms with Gasteiger partial charge in [0.15, 0.2) is 0 Å². The van der Waals surface area contributed by atoms with Gasteiger partial charge in [-0.05, 0) is 22.3 Å². The van der Waals surface area contributed by atoms with E-state index in [1.807, 2.05) is 48.5 Å². The number of fused-ring (bicyclic) bond motifs is 3. The molecule has 0 aromatic heterocycles. The van der Waals surface area contributed by atoms with Gasteiger partial charge in [0.05, 0.1) is 5.88 Å². The Kier molecular flexibility index (Phi) is 6.77. The van der Waals surface area contributed by atoms with Gasteiger partial charge in [-0.2, -0.15) is 0 Å². The molecule has 0 radical (unpaired) electrons. The Labute approximate surface area is 172 Å². The van der Waals surface area contributed by atoms with Crippen LogP contribution in [0, 0.1) is 0 Å². The highest BCUT2D eigenvalue weighted by Crippen LogP contribution is 2.44. The molecule has 0 heterocycles. The summed E-state index contributed by atoms with van der Waals surface area (Å²) >= 11 is 1.20. The number of hydrogen-bond acceptors (Lipinski definition) is 5. The fourth-order valence-corrected chi connectivity index (χ4v) is 4.17. The first-order valence-electron chi connectivity index (χ1n) is 9.14. The largest absolute Gasteiger partial charge is 0.480 e. The molecule has 3 rings (SSSR count). The number of amides is 2. The van der Waals surface area contributed by atoms with Crippen LogP contribution in [0.1, 0.15) is 24.0 Å². The molecule has 3 N–H and O–H groups in total. The van der Waals surface area contributed by atoms with Crippen LogP contribution in [-0.4, -0.2) is 47.4 Å². The van der Waals surface area contributed by atoms with E-state index < -0.39 is 18.1 Å². The summed E-state index contributed by atoms with van der Waals surface area (Å²) in [5.41, 5.74) is 4.41. The van der Waals surface area contributed by atoms with Gasteiger partial charge in [0, 0.05) is 18.6 Å². The summed E-state index contributed by atoms with van der Waals surface area (Å²) in [6.45, 7) is 1.50. The minimum atomic E-state index is -1.16. The van der Waals surface area contributed by atoms with Crippen LogP contribution < -0.4 is 10.6 Å². The number of aliphatic carboxylic acids is 1. The Balaban J connectivity index is 1.58.